The minimum atomic E-state index is -0.678. The molecule has 0 heterocycles. The molecule has 28 heavy (non-hydrogen) atoms. The van der Waals surface area contributed by atoms with Gasteiger partial charge < -0.3 is 20.1 Å². The molecule has 2 amide bonds. The summed E-state index contributed by atoms with van der Waals surface area (Å²) in [6.07, 6.45) is 7.63. The lowest BCUT2D eigenvalue weighted by Gasteiger charge is -2.59. The van der Waals surface area contributed by atoms with Gasteiger partial charge in [0.25, 0.3) is 0 Å². The second kappa shape index (κ2) is 7.30. The standard InChI is InChI=1S/C22H30N2O4/c1-13(22-10-14-6-15(11-22)8-16(7-14)12-22)23-20(25)21(26)24-18-9-17(27-2)4-5-19(18)28-3/h4-5,9,13-16H,6-8,10-12H2,1-3H3,(H,23,25)(H,24,26). The Morgan fingerprint density at radius 3 is 2.14 bits per heavy atom. The Kier molecular flexibility index (Phi) is 4.98. The topological polar surface area (TPSA) is 76.7 Å². The van der Waals surface area contributed by atoms with E-state index in [0.29, 0.717) is 17.2 Å². The molecule has 1 unspecified atom stereocenters. The highest BCUT2D eigenvalue weighted by Crippen LogP contribution is 2.61. The Bertz CT molecular complexity index is 741. The first kappa shape index (κ1) is 19.1. The molecule has 4 bridgehead atoms. The Hall–Kier alpha value is -2.24. The number of carbonyl (C=O) groups excluding carboxylic acids is 2. The number of hydrogen-bond acceptors (Lipinski definition) is 4. The van der Waals surface area contributed by atoms with Crippen LogP contribution in [-0.4, -0.2) is 32.1 Å². The van der Waals surface area contributed by atoms with Crippen LogP contribution in [0.25, 0.3) is 0 Å². The van der Waals surface area contributed by atoms with Gasteiger partial charge in [-0.2, -0.15) is 0 Å². The molecular weight excluding hydrogens is 356 g/mol. The summed E-state index contributed by atoms with van der Waals surface area (Å²) in [7, 11) is 3.07. The smallest absolute Gasteiger partial charge is 0.313 e. The van der Waals surface area contributed by atoms with Crippen molar-refractivity contribution in [3.05, 3.63) is 18.2 Å². The molecule has 4 saturated carbocycles. The maximum absolute atomic E-state index is 12.6. The van der Waals surface area contributed by atoms with Gasteiger partial charge in [0.15, 0.2) is 0 Å². The van der Waals surface area contributed by atoms with Crippen LogP contribution < -0.4 is 20.1 Å². The summed E-state index contributed by atoms with van der Waals surface area (Å²) in [4.78, 5) is 25.1. The molecule has 0 radical (unpaired) electrons. The third-order valence-corrected chi connectivity index (χ3v) is 7.21. The third kappa shape index (κ3) is 3.45. The highest BCUT2D eigenvalue weighted by molar-refractivity contribution is 6.39. The lowest BCUT2D eigenvalue weighted by atomic mass is 9.48. The van der Waals surface area contributed by atoms with Gasteiger partial charge in [-0.15, -0.1) is 0 Å². The van der Waals surface area contributed by atoms with Gasteiger partial charge in [-0.3, -0.25) is 9.59 Å². The van der Waals surface area contributed by atoms with Gasteiger partial charge in [-0.25, -0.2) is 0 Å². The number of methoxy groups -OCH3 is 2. The molecule has 6 nitrogen and oxygen atoms in total. The van der Waals surface area contributed by atoms with Crippen LogP contribution in [0.15, 0.2) is 18.2 Å². The van der Waals surface area contributed by atoms with Crippen molar-refractivity contribution in [3.8, 4) is 11.5 Å². The van der Waals surface area contributed by atoms with Crippen LogP contribution in [0.3, 0.4) is 0 Å². The van der Waals surface area contributed by atoms with Crippen molar-refractivity contribution in [2.75, 3.05) is 19.5 Å². The minimum absolute atomic E-state index is 0.00588. The monoisotopic (exact) mass is 386 g/mol. The number of hydrogen-bond donors (Lipinski definition) is 2. The second-order valence-corrected chi connectivity index (χ2v) is 9.00. The summed E-state index contributed by atoms with van der Waals surface area (Å²) >= 11 is 0. The fourth-order valence-electron chi connectivity index (χ4n) is 6.21. The molecule has 0 aromatic heterocycles. The molecule has 6 heteroatoms. The van der Waals surface area contributed by atoms with E-state index in [2.05, 4.69) is 17.6 Å². The van der Waals surface area contributed by atoms with Gasteiger partial charge in [0.05, 0.1) is 19.9 Å². The van der Waals surface area contributed by atoms with Crippen molar-refractivity contribution in [2.45, 2.75) is 51.5 Å². The summed E-state index contributed by atoms with van der Waals surface area (Å²) < 4.78 is 10.5. The Balaban J connectivity index is 1.42. The second-order valence-electron chi connectivity index (χ2n) is 9.00. The fourth-order valence-corrected chi connectivity index (χ4v) is 6.21. The van der Waals surface area contributed by atoms with Crippen molar-refractivity contribution in [2.24, 2.45) is 23.2 Å². The first-order valence-corrected chi connectivity index (χ1v) is 10.3. The molecule has 5 rings (SSSR count). The zero-order chi connectivity index (χ0) is 19.9. The zero-order valence-electron chi connectivity index (χ0n) is 16.9. The lowest BCUT2D eigenvalue weighted by Crippen LogP contribution is -2.57. The molecule has 1 aromatic carbocycles. The van der Waals surface area contributed by atoms with Crippen molar-refractivity contribution in [1.29, 1.82) is 0 Å². The molecule has 0 aliphatic heterocycles. The van der Waals surface area contributed by atoms with Crippen LogP contribution in [0.5, 0.6) is 11.5 Å². The summed E-state index contributed by atoms with van der Waals surface area (Å²) in [6.45, 7) is 2.07. The maximum atomic E-state index is 12.6. The molecule has 4 aliphatic rings. The van der Waals surface area contributed by atoms with Gasteiger partial charge in [-0.05, 0) is 80.8 Å². The first-order valence-electron chi connectivity index (χ1n) is 10.3. The summed E-state index contributed by atoms with van der Waals surface area (Å²) in [6, 6.07) is 5.09. The summed E-state index contributed by atoms with van der Waals surface area (Å²) in [5.74, 6) is 2.21. The quantitative estimate of drug-likeness (QED) is 0.761. The molecule has 4 fully saturated rings. The zero-order valence-corrected chi connectivity index (χ0v) is 16.9. The largest absolute Gasteiger partial charge is 0.497 e. The van der Waals surface area contributed by atoms with E-state index in [9.17, 15) is 9.59 Å². The average Bonchev–Trinajstić information content (AvgIpc) is 2.66. The van der Waals surface area contributed by atoms with Gasteiger partial charge in [0.1, 0.15) is 11.5 Å². The van der Waals surface area contributed by atoms with E-state index in [1.54, 1.807) is 25.3 Å². The van der Waals surface area contributed by atoms with Gasteiger partial charge in [0.2, 0.25) is 0 Å². The van der Waals surface area contributed by atoms with E-state index in [0.717, 1.165) is 17.8 Å². The van der Waals surface area contributed by atoms with Crippen molar-refractivity contribution in [1.82, 2.24) is 5.32 Å². The van der Waals surface area contributed by atoms with Crippen molar-refractivity contribution in [3.63, 3.8) is 0 Å². The minimum Gasteiger partial charge on any atom is -0.497 e. The Morgan fingerprint density at radius 1 is 1.00 bits per heavy atom. The average molecular weight is 386 g/mol. The molecular formula is C22H30N2O4. The van der Waals surface area contributed by atoms with E-state index in [1.165, 1.54) is 45.6 Å². The molecule has 1 atom stereocenters. The highest BCUT2D eigenvalue weighted by Gasteiger charge is 2.53. The number of benzene rings is 1. The Morgan fingerprint density at radius 2 is 1.61 bits per heavy atom. The van der Waals surface area contributed by atoms with Crippen LogP contribution in [0.4, 0.5) is 5.69 Å². The third-order valence-electron chi connectivity index (χ3n) is 7.21. The van der Waals surface area contributed by atoms with E-state index in [4.69, 9.17) is 9.47 Å². The predicted octanol–water partition coefficient (Wildman–Crippen LogP) is 3.36. The van der Waals surface area contributed by atoms with E-state index in [1.807, 2.05) is 0 Å². The Labute approximate surface area is 166 Å². The highest BCUT2D eigenvalue weighted by atomic mass is 16.5. The molecule has 1 aromatic rings. The van der Waals surface area contributed by atoms with E-state index < -0.39 is 11.8 Å². The van der Waals surface area contributed by atoms with Crippen molar-refractivity contribution < 1.29 is 19.1 Å². The number of amides is 2. The molecule has 0 spiro atoms. The first-order chi connectivity index (χ1) is 13.4. The summed E-state index contributed by atoms with van der Waals surface area (Å²) in [5, 5.41) is 5.66. The SMILES string of the molecule is COc1ccc(OC)c(NC(=O)C(=O)NC(C)C23CC4CC(CC(C4)C2)C3)c1. The van der Waals surface area contributed by atoms with Crippen LogP contribution >= 0.6 is 0 Å². The normalized spacial score (nSPS) is 31.2. The molecule has 0 saturated heterocycles. The van der Waals surface area contributed by atoms with E-state index in [-0.39, 0.29) is 11.5 Å². The van der Waals surface area contributed by atoms with Gasteiger partial charge in [0, 0.05) is 12.1 Å². The van der Waals surface area contributed by atoms with E-state index >= 15 is 0 Å². The lowest BCUT2D eigenvalue weighted by molar-refractivity contribution is -0.138. The summed E-state index contributed by atoms with van der Waals surface area (Å²) in [5.41, 5.74) is 0.586. The number of anilines is 1. The van der Waals surface area contributed by atoms with Crippen LogP contribution in [-0.2, 0) is 9.59 Å². The van der Waals surface area contributed by atoms with Crippen LogP contribution in [0.1, 0.15) is 45.4 Å². The van der Waals surface area contributed by atoms with Crippen LogP contribution in [0, 0.1) is 23.2 Å². The fraction of sp³-hybridized carbons (Fsp3) is 0.636. The molecule has 2 N–H and O–H groups in total. The number of carbonyl (C=O) groups is 2. The number of ether oxygens (including phenoxy) is 2. The molecule has 152 valence electrons. The predicted molar refractivity (Wildman–Crippen MR) is 106 cm³/mol. The van der Waals surface area contributed by atoms with Crippen LogP contribution in [0.2, 0.25) is 0 Å². The van der Waals surface area contributed by atoms with Gasteiger partial charge >= 0.3 is 11.8 Å². The maximum Gasteiger partial charge on any atom is 0.313 e. The number of rotatable bonds is 5. The van der Waals surface area contributed by atoms with Crippen molar-refractivity contribution >= 4 is 17.5 Å². The van der Waals surface area contributed by atoms with Gasteiger partial charge in [-0.1, -0.05) is 0 Å². The molecule has 4 aliphatic carbocycles. The number of nitrogens with one attached hydrogen (secondary N) is 2.